The zero-order valence-corrected chi connectivity index (χ0v) is 10.8. The molecule has 3 nitrogen and oxygen atoms in total. The lowest BCUT2D eigenvalue weighted by molar-refractivity contribution is 0.131. The lowest BCUT2D eigenvalue weighted by Gasteiger charge is -2.07. The molecule has 0 heterocycles. The van der Waals surface area contributed by atoms with Crippen molar-refractivity contribution in [2.75, 3.05) is 26.4 Å². The minimum atomic E-state index is 0.0877. The lowest BCUT2D eigenvalue weighted by Crippen LogP contribution is -2.03. The van der Waals surface area contributed by atoms with E-state index in [1.165, 1.54) is 0 Å². The summed E-state index contributed by atoms with van der Waals surface area (Å²) in [6.45, 7) is 4.15. The third kappa shape index (κ3) is 5.72. The first-order chi connectivity index (χ1) is 8.88. The SMILES string of the molecule is CCOCCCOc1ccccc1C#CCCO. The van der Waals surface area contributed by atoms with Crippen molar-refractivity contribution in [1.82, 2.24) is 0 Å². The highest BCUT2D eigenvalue weighted by Gasteiger charge is 1.99. The maximum Gasteiger partial charge on any atom is 0.134 e. The topological polar surface area (TPSA) is 38.7 Å². The largest absolute Gasteiger partial charge is 0.492 e. The van der Waals surface area contributed by atoms with Crippen LogP contribution in [0.15, 0.2) is 24.3 Å². The van der Waals surface area contributed by atoms with Gasteiger partial charge in [-0.3, -0.25) is 0 Å². The monoisotopic (exact) mass is 248 g/mol. The summed E-state index contributed by atoms with van der Waals surface area (Å²) in [7, 11) is 0. The maximum atomic E-state index is 8.69. The number of para-hydroxylation sites is 1. The van der Waals surface area contributed by atoms with Crippen LogP contribution < -0.4 is 4.74 Å². The molecule has 0 atom stereocenters. The summed E-state index contributed by atoms with van der Waals surface area (Å²) >= 11 is 0. The predicted octanol–water partition coefficient (Wildman–Crippen LogP) is 2.23. The molecular formula is C15H20O3. The molecule has 0 amide bonds. The Morgan fingerprint density at radius 3 is 2.83 bits per heavy atom. The number of rotatable bonds is 7. The van der Waals surface area contributed by atoms with Gasteiger partial charge in [-0.2, -0.15) is 0 Å². The van der Waals surface area contributed by atoms with Crippen molar-refractivity contribution in [2.24, 2.45) is 0 Å². The average Bonchev–Trinajstić information content (AvgIpc) is 2.40. The molecule has 0 spiro atoms. The van der Waals surface area contributed by atoms with E-state index in [-0.39, 0.29) is 6.61 Å². The van der Waals surface area contributed by atoms with E-state index in [0.717, 1.165) is 30.9 Å². The Bertz CT molecular complexity index is 390. The zero-order valence-electron chi connectivity index (χ0n) is 10.8. The first kappa shape index (κ1) is 14.6. The highest BCUT2D eigenvalue weighted by molar-refractivity contribution is 5.45. The average molecular weight is 248 g/mol. The molecule has 3 heteroatoms. The second-order valence-corrected chi connectivity index (χ2v) is 3.67. The summed E-state index contributed by atoms with van der Waals surface area (Å²) in [5.74, 6) is 6.69. The minimum Gasteiger partial charge on any atom is -0.492 e. The number of ether oxygens (including phenoxy) is 2. The van der Waals surface area contributed by atoms with Crippen LogP contribution >= 0.6 is 0 Å². The third-order valence-corrected chi connectivity index (χ3v) is 2.24. The van der Waals surface area contributed by atoms with E-state index in [1.807, 2.05) is 31.2 Å². The van der Waals surface area contributed by atoms with Crippen molar-refractivity contribution in [3.8, 4) is 17.6 Å². The standard InChI is InChI=1S/C15H20O3/c1-2-17-12-7-13-18-15-10-4-3-8-14(15)9-5-6-11-16/h3-4,8,10,16H,2,6-7,11-13H2,1H3. The van der Waals surface area contributed by atoms with Gasteiger partial charge in [0.2, 0.25) is 0 Å². The van der Waals surface area contributed by atoms with Crippen molar-refractivity contribution >= 4 is 0 Å². The van der Waals surface area contributed by atoms with E-state index < -0.39 is 0 Å². The van der Waals surface area contributed by atoms with E-state index in [9.17, 15) is 0 Å². The first-order valence-corrected chi connectivity index (χ1v) is 6.27. The van der Waals surface area contributed by atoms with Crippen molar-refractivity contribution < 1.29 is 14.6 Å². The fourth-order valence-corrected chi connectivity index (χ4v) is 1.40. The maximum absolute atomic E-state index is 8.69. The van der Waals surface area contributed by atoms with Gasteiger partial charge < -0.3 is 14.6 Å². The Morgan fingerprint density at radius 1 is 1.22 bits per heavy atom. The molecule has 1 rings (SSSR count). The fourth-order valence-electron chi connectivity index (χ4n) is 1.40. The highest BCUT2D eigenvalue weighted by atomic mass is 16.5. The molecule has 98 valence electrons. The predicted molar refractivity (Wildman–Crippen MR) is 71.6 cm³/mol. The summed E-state index contributed by atoms with van der Waals surface area (Å²) < 4.78 is 10.9. The van der Waals surface area contributed by atoms with Gasteiger partial charge in [0, 0.05) is 26.1 Å². The van der Waals surface area contributed by atoms with E-state index in [4.69, 9.17) is 14.6 Å². The lowest BCUT2D eigenvalue weighted by atomic mass is 10.2. The molecule has 1 N–H and O–H groups in total. The molecular weight excluding hydrogens is 228 g/mol. The minimum absolute atomic E-state index is 0.0877. The number of benzene rings is 1. The van der Waals surface area contributed by atoms with Gasteiger partial charge in [-0.25, -0.2) is 0 Å². The van der Waals surface area contributed by atoms with E-state index in [1.54, 1.807) is 0 Å². The van der Waals surface area contributed by atoms with Crippen LogP contribution in [-0.4, -0.2) is 31.5 Å². The highest BCUT2D eigenvalue weighted by Crippen LogP contribution is 2.16. The van der Waals surface area contributed by atoms with Gasteiger partial charge in [0.05, 0.1) is 18.8 Å². The van der Waals surface area contributed by atoms with E-state index in [0.29, 0.717) is 13.0 Å². The number of hydrogen-bond acceptors (Lipinski definition) is 3. The van der Waals surface area contributed by atoms with Crippen LogP contribution in [0.4, 0.5) is 0 Å². The number of aliphatic hydroxyl groups excluding tert-OH is 1. The zero-order chi connectivity index (χ0) is 13.1. The van der Waals surface area contributed by atoms with Gasteiger partial charge in [0.1, 0.15) is 5.75 Å². The Kier molecular flexibility index (Phi) is 7.70. The molecule has 0 aromatic heterocycles. The molecule has 0 saturated heterocycles. The Balaban J connectivity index is 2.47. The molecule has 0 aliphatic carbocycles. The first-order valence-electron chi connectivity index (χ1n) is 6.27. The van der Waals surface area contributed by atoms with Crippen LogP contribution in [0.3, 0.4) is 0 Å². The van der Waals surface area contributed by atoms with Crippen molar-refractivity contribution in [2.45, 2.75) is 19.8 Å². The van der Waals surface area contributed by atoms with Gasteiger partial charge in [0.15, 0.2) is 0 Å². The van der Waals surface area contributed by atoms with Gasteiger partial charge in [-0.05, 0) is 19.1 Å². The molecule has 0 saturated carbocycles. The van der Waals surface area contributed by atoms with Gasteiger partial charge in [-0.15, -0.1) is 0 Å². The normalized spacial score (nSPS) is 9.67. The molecule has 1 aromatic carbocycles. The Morgan fingerprint density at radius 2 is 2.06 bits per heavy atom. The van der Waals surface area contributed by atoms with Gasteiger partial charge in [0.25, 0.3) is 0 Å². The summed E-state index contributed by atoms with van der Waals surface area (Å²) in [6, 6.07) is 7.68. The molecule has 0 aliphatic heterocycles. The van der Waals surface area contributed by atoms with Crippen LogP contribution in [0, 0.1) is 11.8 Å². The van der Waals surface area contributed by atoms with E-state index >= 15 is 0 Å². The fraction of sp³-hybridized carbons (Fsp3) is 0.467. The number of hydrogen-bond donors (Lipinski definition) is 1. The summed E-state index contributed by atoms with van der Waals surface area (Å²) in [4.78, 5) is 0. The van der Waals surface area contributed by atoms with Crippen LogP contribution in [0.1, 0.15) is 25.3 Å². The molecule has 0 unspecified atom stereocenters. The summed E-state index contributed by atoms with van der Waals surface area (Å²) in [6.07, 6.45) is 1.35. The number of aliphatic hydroxyl groups is 1. The van der Waals surface area contributed by atoms with Gasteiger partial charge >= 0.3 is 0 Å². The Labute approximate surface area is 109 Å². The molecule has 0 fully saturated rings. The Hall–Kier alpha value is -1.50. The quantitative estimate of drug-likeness (QED) is 0.594. The molecule has 0 radical (unpaired) electrons. The van der Waals surface area contributed by atoms with Gasteiger partial charge in [-0.1, -0.05) is 24.0 Å². The molecule has 0 bridgehead atoms. The van der Waals surface area contributed by atoms with Crippen LogP contribution in [0.25, 0.3) is 0 Å². The molecule has 0 aliphatic rings. The smallest absolute Gasteiger partial charge is 0.134 e. The van der Waals surface area contributed by atoms with Crippen LogP contribution in [-0.2, 0) is 4.74 Å². The second kappa shape index (κ2) is 9.52. The van der Waals surface area contributed by atoms with Crippen molar-refractivity contribution in [3.63, 3.8) is 0 Å². The van der Waals surface area contributed by atoms with Crippen LogP contribution in [0.5, 0.6) is 5.75 Å². The summed E-state index contributed by atoms with van der Waals surface area (Å²) in [5.41, 5.74) is 0.863. The van der Waals surface area contributed by atoms with Crippen molar-refractivity contribution in [1.29, 1.82) is 0 Å². The van der Waals surface area contributed by atoms with Crippen LogP contribution in [0.2, 0.25) is 0 Å². The third-order valence-electron chi connectivity index (χ3n) is 2.24. The second-order valence-electron chi connectivity index (χ2n) is 3.67. The van der Waals surface area contributed by atoms with E-state index in [2.05, 4.69) is 11.8 Å². The molecule has 18 heavy (non-hydrogen) atoms. The molecule has 1 aromatic rings. The summed E-state index contributed by atoms with van der Waals surface area (Å²) in [5, 5.41) is 8.69. The van der Waals surface area contributed by atoms with Crippen molar-refractivity contribution in [3.05, 3.63) is 29.8 Å².